The van der Waals surface area contributed by atoms with Crippen molar-refractivity contribution in [1.29, 1.82) is 0 Å². The van der Waals surface area contributed by atoms with Gasteiger partial charge in [0.1, 0.15) is 5.69 Å². The number of rotatable bonds is 8. The molecule has 5 heteroatoms. The predicted octanol–water partition coefficient (Wildman–Crippen LogP) is 14.0. The third kappa shape index (κ3) is 6.84. The molecule has 0 N–H and O–H groups in total. The highest BCUT2D eigenvalue weighted by Gasteiger charge is 2.21. The normalized spacial score (nSPS) is 11.3. The molecule has 0 bridgehead atoms. The average molecular weight is 780 g/mol. The summed E-state index contributed by atoms with van der Waals surface area (Å²) in [5.74, 6) is 1.90. The van der Waals surface area contributed by atoms with Gasteiger partial charge in [-0.05, 0) is 57.0 Å². The van der Waals surface area contributed by atoms with Gasteiger partial charge in [0.05, 0.1) is 11.2 Å². The minimum absolute atomic E-state index is 0.625. The number of fused-ring (bicyclic) bond motifs is 3. The lowest BCUT2D eigenvalue weighted by atomic mass is 9.93. The molecular weight excluding hydrogens is 743 g/mol. The molecule has 0 aliphatic carbocycles. The van der Waals surface area contributed by atoms with Gasteiger partial charge in [-0.25, -0.2) is 19.6 Å². The van der Waals surface area contributed by atoms with Gasteiger partial charge in [-0.2, -0.15) is 5.10 Å². The van der Waals surface area contributed by atoms with E-state index < -0.39 is 0 Å². The quantitative estimate of drug-likeness (QED) is 0.154. The van der Waals surface area contributed by atoms with Crippen LogP contribution >= 0.6 is 0 Å². The summed E-state index contributed by atoms with van der Waals surface area (Å²) in [6, 6.07) is 78.1. The summed E-state index contributed by atoms with van der Waals surface area (Å²) in [5.41, 5.74) is 13.7. The van der Waals surface area contributed by atoms with Gasteiger partial charge < -0.3 is 0 Å². The van der Waals surface area contributed by atoms with E-state index in [-0.39, 0.29) is 0 Å². The van der Waals surface area contributed by atoms with Crippen molar-refractivity contribution in [2.45, 2.75) is 0 Å². The lowest BCUT2D eigenvalue weighted by Gasteiger charge is -2.11. The van der Waals surface area contributed by atoms with E-state index in [9.17, 15) is 0 Å². The van der Waals surface area contributed by atoms with Gasteiger partial charge in [0.25, 0.3) is 0 Å². The zero-order valence-electron chi connectivity index (χ0n) is 33.1. The highest BCUT2D eigenvalue weighted by molar-refractivity contribution is 6.17. The lowest BCUT2D eigenvalue weighted by molar-refractivity contribution is 0.918. The Hall–Kier alpha value is -8.28. The van der Waals surface area contributed by atoms with Gasteiger partial charge in [0.2, 0.25) is 0 Å². The standard InChI is InChI=1S/C56H37N5/c1-5-15-38(16-6-1)39-27-33-45(34-28-39)55-57-54(44-19-9-3-10-20-44)58-56(59-55)46-35-29-41(30-36-46)40-25-31-43(32-26-40)52-51-50(42-17-7-2-8-18-42)37-47-21-13-14-24-49(47)53(51)61(60-52)48-22-11-4-12-23-48/h1-37H. The fraction of sp³-hybridized carbons (Fsp3) is 0. The second-order valence-corrected chi connectivity index (χ2v) is 15.1. The minimum Gasteiger partial charge on any atom is -0.232 e. The van der Waals surface area contributed by atoms with Crippen LogP contribution in [0.5, 0.6) is 0 Å². The number of hydrogen-bond acceptors (Lipinski definition) is 4. The third-order valence-electron chi connectivity index (χ3n) is 11.3. The summed E-state index contributed by atoms with van der Waals surface area (Å²) < 4.78 is 2.11. The number of hydrogen-bond donors (Lipinski definition) is 0. The van der Waals surface area contributed by atoms with Gasteiger partial charge in [0, 0.05) is 33.0 Å². The molecule has 0 unspecified atom stereocenters. The molecule has 0 aliphatic heterocycles. The first-order valence-electron chi connectivity index (χ1n) is 20.5. The summed E-state index contributed by atoms with van der Waals surface area (Å²) >= 11 is 0. The van der Waals surface area contributed by atoms with E-state index >= 15 is 0 Å². The van der Waals surface area contributed by atoms with E-state index in [0.717, 1.165) is 72.4 Å². The van der Waals surface area contributed by atoms with Crippen LogP contribution in [0.15, 0.2) is 224 Å². The SMILES string of the molecule is c1ccc(-c2ccc(-c3nc(-c4ccccc4)nc(-c4ccc(-c5ccc(-c6nn(-c7ccccc7)c7c6c(-c6ccccc6)cc6ccccc67)cc5)cc4)n3)cc2)cc1. The zero-order valence-corrected chi connectivity index (χ0v) is 33.1. The second-order valence-electron chi connectivity index (χ2n) is 15.1. The van der Waals surface area contributed by atoms with Gasteiger partial charge in [-0.3, -0.25) is 0 Å². The molecule has 0 aliphatic rings. The molecule has 2 heterocycles. The van der Waals surface area contributed by atoms with Crippen LogP contribution in [0.4, 0.5) is 0 Å². The Bertz CT molecular complexity index is 3290. The highest BCUT2D eigenvalue weighted by atomic mass is 15.3. The summed E-state index contributed by atoms with van der Waals surface area (Å²) in [7, 11) is 0. The molecule has 0 saturated heterocycles. The van der Waals surface area contributed by atoms with Crippen molar-refractivity contribution in [2.24, 2.45) is 0 Å². The molecule has 2 aromatic heterocycles. The molecule has 0 spiro atoms. The third-order valence-corrected chi connectivity index (χ3v) is 11.3. The van der Waals surface area contributed by atoms with Crippen LogP contribution in [0, 0.1) is 0 Å². The molecule has 5 nitrogen and oxygen atoms in total. The fourth-order valence-electron chi connectivity index (χ4n) is 8.22. The van der Waals surface area contributed by atoms with E-state index in [2.05, 4.69) is 187 Å². The van der Waals surface area contributed by atoms with Crippen molar-refractivity contribution in [3.8, 4) is 84.5 Å². The Labute approximate surface area is 354 Å². The van der Waals surface area contributed by atoms with Gasteiger partial charge in [0.15, 0.2) is 17.5 Å². The lowest BCUT2D eigenvalue weighted by Crippen LogP contribution is -2.00. The Morgan fingerprint density at radius 1 is 0.311 bits per heavy atom. The molecule has 0 fully saturated rings. The Morgan fingerprint density at radius 2 is 0.689 bits per heavy atom. The largest absolute Gasteiger partial charge is 0.232 e. The van der Waals surface area contributed by atoms with Crippen LogP contribution in [0.25, 0.3) is 106 Å². The van der Waals surface area contributed by atoms with Gasteiger partial charge in [-0.15, -0.1) is 0 Å². The first-order valence-corrected chi connectivity index (χ1v) is 20.5. The second kappa shape index (κ2) is 15.5. The Morgan fingerprint density at radius 3 is 1.21 bits per heavy atom. The van der Waals surface area contributed by atoms with Crippen molar-refractivity contribution < 1.29 is 0 Å². The van der Waals surface area contributed by atoms with Crippen LogP contribution in [-0.4, -0.2) is 24.7 Å². The molecular formula is C56H37N5. The molecule has 11 aromatic rings. The number of benzene rings is 9. The van der Waals surface area contributed by atoms with E-state index in [1.54, 1.807) is 0 Å². The maximum absolute atomic E-state index is 5.39. The fourth-order valence-corrected chi connectivity index (χ4v) is 8.22. The van der Waals surface area contributed by atoms with Crippen molar-refractivity contribution in [3.63, 3.8) is 0 Å². The average Bonchev–Trinajstić information content (AvgIpc) is 3.76. The van der Waals surface area contributed by atoms with Crippen LogP contribution in [0.2, 0.25) is 0 Å². The highest BCUT2D eigenvalue weighted by Crippen LogP contribution is 2.42. The smallest absolute Gasteiger partial charge is 0.164 e. The van der Waals surface area contributed by atoms with Gasteiger partial charge >= 0.3 is 0 Å². The zero-order chi connectivity index (χ0) is 40.5. The summed E-state index contributed by atoms with van der Waals surface area (Å²) in [6.07, 6.45) is 0. The topological polar surface area (TPSA) is 56.5 Å². The van der Waals surface area contributed by atoms with Gasteiger partial charge in [-0.1, -0.05) is 206 Å². The van der Waals surface area contributed by atoms with Crippen molar-refractivity contribution >= 4 is 21.7 Å². The van der Waals surface area contributed by atoms with E-state index in [1.165, 1.54) is 16.3 Å². The predicted molar refractivity (Wildman–Crippen MR) is 250 cm³/mol. The Kier molecular flexibility index (Phi) is 9.10. The van der Waals surface area contributed by atoms with E-state index in [0.29, 0.717) is 17.5 Å². The molecule has 9 aromatic carbocycles. The molecule has 11 rings (SSSR count). The van der Waals surface area contributed by atoms with E-state index in [4.69, 9.17) is 20.1 Å². The molecule has 61 heavy (non-hydrogen) atoms. The first kappa shape index (κ1) is 35.8. The van der Waals surface area contributed by atoms with Crippen LogP contribution in [-0.2, 0) is 0 Å². The molecule has 0 amide bonds. The number of nitrogens with zero attached hydrogens (tertiary/aromatic N) is 5. The summed E-state index contributed by atoms with van der Waals surface area (Å²) in [4.78, 5) is 14.9. The maximum Gasteiger partial charge on any atom is 0.164 e. The molecule has 0 atom stereocenters. The van der Waals surface area contributed by atoms with Crippen molar-refractivity contribution in [2.75, 3.05) is 0 Å². The maximum atomic E-state index is 5.39. The summed E-state index contributed by atoms with van der Waals surface area (Å²) in [5, 5.41) is 8.86. The van der Waals surface area contributed by atoms with E-state index in [1.807, 2.05) is 42.5 Å². The number of para-hydroxylation sites is 1. The number of aromatic nitrogens is 5. The van der Waals surface area contributed by atoms with Crippen LogP contribution in [0.3, 0.4) is 0 Å². The molecule has 0 saturated carbocycles. The first-order chi connectivity index (χ1) is 30.2. The molecule has 0 radical (unpaired) electrons. The monoisotopic (exact) mass is 779 g/mol. The van der Waals surface area contributed by atoms with Crippen LogP contribution in [0.1, 0.15) is 0 Å². The molecule has 286 valence electrons. The van der Waals surface area contributed by atoms with Crippen molar-refractivity contribution in [1.82, 2.24) is 24.7 Å². The minimum atomic E-state index is 0.625. The van der Waals surface area contributed by atoms with Crippen LogP contribution < -0.4 is 0 Å². The Balaban J connectivity index is 0.964. The summed E-state index contributed by atoms with van der Waals surface area (Å²) in [6.45, 7) is 0. The van der Waals surface area contributed by atoms with Crippen molar-refractivity contribution in [3.05, 3.63) is 224 Å².